The van der Waals surface area contributed by atoms with Crippen LogP contribution in [0.1, 0.15) is 17.6 Å². The fourth-order valence-electron chi connectivity index (χ4n) is 1.12. The zero-order chi connectivity index (χ0) is 11.3. The topological polar surface area (TPSA) is 12.0 Å². The molecule has 0 unspecified atom stereocenters. The molecule has 0 bridgehead atoms. The third-order valence-electron chi connectivity index (χ3n) is 1.88. The van der Waals surface area contributed by atoms with E-state index in [2.05, 4.69) is 11.9 Å². The molecule has 0 saturated heterocycles. The van der Waals surface area contributed by atoms with Crippen molar-refractivity contribution in [2.75, 3.05) is 6.54 Å². The largest absolute Gasteiger partial charge is 0.308 e. The second-order valence-electron chi connectivity index (χ2n) is 3.16. The number of benzene rings is 1. The van der Waals surface area contributed by atoms with E-state index in [4.69, 9.17) is 11.6 Å². The molecular formula is C11H12ClF2N. The third-order valence-corrected chi connectivity index (χ3v) is 2.01. The number of alkyl halides is 2. The van der Waals surface area contributed by atoms with Crippen LogP contribution in [0.5, 0.6) is 0 Å². The maximum atomic E-state index is 12.2. The molecule has 0 aliphatic rings. The molecule has 0 heterocycles. The van der Waals surface area contributed by atoms with Crippen molar-refractivity contribution in [3.63, 3.8) is 0 Å². The number of hydrogen-bond acceptors (Lipinski definition) is 1. The standard InChI is InChI=1S/C11H12ClF2N/c1-8(12)6-15-7-9-2-4-10(5-3-9)11(13)14/h2-5,11,15H,1,6-7H2. The SMILES string of the molecule is C=C(Cl)CNCc1ccc(C(F)F)cc1. The monoisotopic (exact) mass is 231 g/mol. The highest BCUT2D eigenvalue weighted by molar-refractivity contribution is 6.29. The van der Waals surface area contributed by atoms with Crippen LogP contribution in [0.3, 0.4) is 0 Å². The second-order valence-corrected chi connectivity index (χ2v) is 3.70. The zero-order valence-electron chi connectivity index (χ0n) is 8.14. The van der Waals surface area contributed by atoms with Gasteiger partial charge in [0.2, 0.25) is 0 Å². The summed E-state index contributed by atoms with van der Waals surface area (Å²) in [6, 6.07) is 6.20. The van der Waals surface area contributed by atoms with Gasteiger partial charge in [-0.05, 0) is 5.56 Å². The molecule has 0 amide bonds. The molecule has 82 valence electrons. The Labute approximate surface area is 92.8 Å². The maximum Gasteiger partial charge on any atom is 0.263 e. The summed E-state index contributed by atoms with van der Waals surface area (Å²) in [4.78, 5) is 0. The summed E-state index contributed by atoms with van der Waals surface area (Å²) in [5.41, 5.74) is 0.984. The molecule has 15 heavy (non-hydrogen) atoms. The summed E-state index contributed by atoms with van der Waals surface area (Å²) in [5.74, 6) is 0. The summed E-state index contributed by atoms with van der Waals surface area (Å²) in [6.45, 7) is 4.63. The van der Waals surface area contributed by atoms with Gasteiger partial charge in [-0.15, -0.1) is 0 Å². The lowest BCUT2D eigenvalue weighted by atomic mass is 10.1. The number of nitrogens with one attached hydrogen (secondary N) is 1. The molecule has 1 rings (SSSR count). The Kier molecular flexibility index (Phi) is 4.72. The minimum atomic E-state index is -2.41. The van der Waals surface area contributed by atoms with Crippen LogP contribution in [0.4, 0.5) is 8.78 Å². The predicted molar refractivity (Wildman–Crippen MR) is 58.1 cm³/mol. The van der Waals surface area contributed by atoms with E-state index in [0.29, 0.717) is 18.1 Å². The van der Waals surface area contributed by atoms with Crippen LogP contribution in [0.15, 0.2) is 35.9 Å². The van der Waals surface area contributed by atoms with E-state index in [1.807, 2.05) is 0 Å². The maximum absolute atomic E-state index is 12.2. The molecule has 0 saturated carbocycles. The van der Waals surface area contributed by atoms with Crippen molar-refractivity contribution in [3.05, 3.63) is 47.0 Å². The third kappa shape index (κ3) is 4.40. The van der Waals surface area contributed by atoms with Crippen LogP contribution in [-0.2, 0) is 6.54 Å². The molecular weight excluding hydrogens is 220 g/mol. The Morgan fingerprint density at radius 2 is 1.93 bits per heavy atom. The molecule has 0 aromatic heterocycles. The van der Waals surface area contributed by atoms with Crippen LogP contribution in [0.25, 0.3) is 0 Å². The molecule has 1 nitrogen and oxygen atoms in total. The van der Waals surface area contributed by atoms with Gasteiger partial charge in [0.05, 0.1) is 0 Å². The minimum absolute atomic E-state index is 0.0421. The van der Waals surface area contributed by atoms with Crippen molar-refractivity contribution in [3.8, 4) is 0 Å². The van der Waals surface area contributed by atoms with Gasteiger partial charge in [0.15, 0.2) is 0 Å². The Morgan fingerprint density at radius 3 is 2.40 bits per heavy atom. The van der Waals surface area contributed by atoms with Gasteiger partial charge in [-0.2, -0.15) is 0 Å². The van der Waals surface area contributed by atoms with E-state index in [-0.39, 0.29) is 5.56 Å². The highest BCUT2D eigenvalue weighted by atomic mass is 35.5. The smallest absolute Gasteiger partial charge is 0.263 e. The number of halogens is 3. The quantitative estimate of drug-likeness (QED) is 0.818. The van der Waals surface area contributed by atoms with Gasteiger partial charge in [-0.1, -0.05) is 42.4 Å². The van der Waals surface area contributed by atoms with Gasteiger partial charge in [-0.25, -0.2) is 8.78 Å². The summed E-state index contributed by atoms with van der Waals surface area (Å²) < 4.78 is 24.4. The molecule has 0 radical (unpaired) electrons. The second kappa shape index (κ2) is 5.83. The summed E-state index contributed by atoms with van der Waals surface area (Å²) in [6.07, 6.45) is -2.41. The average molecular weight is 232 g/mol. The molecule has 1 aromatic rings. The van der Waals surface area contributed by atoms with E-state index in [0.717, 1.165) is 5.56 Å². The normalized spacial score (nSPS) is 10.7. The van der Waals surface area contributed by atoms with Crippen LogP contribution in [0, 0.1) is 0 Å². The van der Waals surface area contributed by atoms with Crippen molar-refractivity contribution in [2.24, 2.45) is 0 Å². The summed E-state index contributed by atoms with van der Waals surface area (Å²) >= 11 is 5.55. The van der Waals surface area contributed by atoms with Crippen molar-refractivity contribution in [1.29, 1.82) is 0 Å². The fraction of sp³-hybridized carbons (Fsp3) is 0.273. The van der Waals surface area contributed by atoms with Crippen LogP contribution >= 0.6 is 11.6 Å². The number of hydrogen-bond donors (Lipinski definition) is 1. The lowest BCUT2D eigenvalue weighted by molar-refractivity contribution is 0.151. The van der Waals surface area contributed by atoms with E-state index in [1.54, 1.807) is 12.1 Å². The lowest BCUT2D eigenvalue weighted by Gasteiger charge is -2.04. The molecule has 4 heteroatoms. The Hall–Kier alpha value is -0.930. The Morgan fingerprint density at radius 1 is 1.33 bits per heavy atom. The fourth-order valence-corrected chi connectivity index (χ4v) is 1.22. The van der Waals surface area contributed by atoms with E-state index >= 15 is 0 Å². The van der Waals surface area contributed by atoms with Crippen molar-refractivity contribution >= 4 is 11.6 Å². The first-order valence-electron chi connectivity index (χ1n) is 4.50. The molecule has 1 N–H and O–H groups in total. The first-order chi connectivity index (χ1) is 7.09. The van der Waals surface area contributed by atoms with Gasteiger partial charge in [-0.3, -0.25) is 0 Å². The molecule has 0 fully saturated rings. The van der Waals surface area contributed by atoms with Crippen LogP contribution in [-0.4, -0.2) is 6.54 Å². The van der Waals surface area contributed by atoms with Crippen molar-refractivity contribution in [2.45, 2.75) is 13.0 Å². The highest BCUT2D eigenvalue weighted by Gasteiger charge is 2.05. The molecule has 0 aliphatic carbocycles. The summed E-state index contributed by atoms with van der Waals surface area (Å²) in [7, 11) is 0. The van der Waals surface area contributed by atoms with E-state index < -0.39 is 6.43 Å². The van der Waals surface area contributed by atoms with E-state index in [9.17, 15) is 8.78 Å². The van der Waals surface area contributed by atoms with Gasteiger partial charge < -0.3 is 5.32 Å². The van der Waals surface area contributed by atoms with Crippen molar-refractivity contribution in [1.82, 2.24) is 5.32 Å². The summed E-state index contributed by atoms with van der Waals surface area (Å²) in [5, 5.41) is 3.56. The molecule has 0 atom stereocenters. The Balaban J connectivity index is 2.46. The van der Waals surface area contributed by atoms with Crippen LogP contribution in [0.2, 0.25) is 0 Å². The minimum Gasteiger partial charge on any atom is -0.308 e. The van der Waals surface area contributed by atoms with Crippen LogP contribution < -0.4 is 5.32 Å². The first kappa shape index (κ1) is 12.1. The van der Waals surface area contributed by atoms with E-state index in [1.165, 1.54) is 12.1 Å². The predicted octanol–water partition coefficient (Wildman–Crippen LogP) is 3.47. The van der Waals surface area contributed by atoms with Gasteiger partial charge in [0.25, 0.3) is 6.43 Å². The molecule has 0 spiro atoms. The van der Waals surface area contributed by atoms with Crippen molar-refractivity contribution < 1.29 is 8.78 Å². The van der Waals surface area contributed by atoms with Gasteiger partial charge in [0, 0.05) is 23.7 Å². The number of rotatable bonds is 5. The highest BCUT2D eigenvalue weighted by Crippen LogP contribution is 2.18. The first-order valence-corrected chi connectivity index (χ1v) is 4.88. The zero-order valence-corrected chi connectivity index (χ0v) is 8.90. The van der Waals surface area contributed by atoms with Gasteiger partial charge in [0.1, 0.15) is 0 Å². The molecule has 1 aromatic carbocycles. The Bertz CT molecular complexity index is 322. The van der Waals surface area contributed by atoms with Gasteiger partial charge >= 0.3 is 0 Å². The average Bonchev–Trinajstić information content (AvgIpc) is 2.18. The molecule has 0 aliphatic heterocycles. The lowest BCUT2D eigenvalue weighted by Crippen LogP contribution is -2.14.